The first-order valence-electron chi connectivity index (χ1n) is 7.04. The lowest BCUT2D eigenvalue weighted by Gasteiger charge is -2.32. The maximum absolute atomic E-state index is 13.5. The van der Waals surface area contributed by atoms with Crippen molar-refractivity contribution in [2.75, 3.05) is 13.1 Å². The molecule has 2 rings (SSSR count). The van der Waals surface area contributed by atoms with Gasteiger partial charge in [0.1, 0.15) is 5.82 Å². The van der Waals surface area contributed by atoms with Gasteiger partial charge < -0.3 is 5.73 Å². The standard InChI is InChI=1S/C15H22ClFN2/c1-2-19(14-8-4-5-11(14)9-18)10-12-6-3-7-13(17)15(12)16/h3,6-7,11,14H,2,4-5,8-10,18H2,1H3. The van der Waals surface area contributed by atoms with E-state index in [1.165, 1.54) is 25.3 Å². The zero-order chi connectivity index (χ0) is 13.8. The van der Waals surface area contributed by atoms with Crippen LogP contribution in [0.4, 0.5) is 4.39 Å². The molecule has 2 N–H and O–H groups in total. The minimum atomic E-state index is -0.336. The lowest BCUT2D eigenvalue weighted by atomic mass is 10.0. The van der Waals surface area contributed by atoms with E-state index in [9.17, 15) is 4.39 Å². The van der Waals surface area contributed by atoms with Gasteiger partial charge in [-0.1, -0.05) is 37.1 Å². The van der Waals surface area contributed by atoms with Crippen molar-refractivity contribution in [1.82, 2.24) is 4.90 Å². The van der Waals surface area contributed by atoms with Crippen LogP contribution in [0.3, 0.4) is 0 Å². The molecule has 1 fully saturated rings. The van der Waals surface area contributed by atoms with Crippen LogP contribution in [-0.4, -0.2) is 24.0 Å². The van der Waals surface area contributed by atoms with Gasteiger partial charge in [0, 0.05) is 12.6 Å². The average Bonchev–Trinajstić information content (AvgIpc) is 2.88. The largest absolute Gasteiger partial charge is 0.330 e. The van der Waals surface area contributed by atoms with Crippen LogP contribution in [0.25, 0.3) is 0 Å². The van der Waals surface area contributed by atoms with E-state index in [-0.39, 0.29) is 10.8 Å². The number of benzene rings is 1. The summed E-state index contributed by atoms with van der Waals surface area (Å²) in [7, 11) is 0. The highest BCUT2D eigenvalue weighted by Gasteiger charge is 2.30. The van der Waals surface area contributed by atoms with E-state index < -0.39 is 0 Å². The summed E-state index contributed by atoms with van der Waals surface area (Å²) in [5.74, 6) is 0.226. The van der Waals surface area contributed by atoms with Crippen molar-refractivity contribution in [2.24, 2.45) is 11.7 Å². The summed E-state index contributed by atoms with van der Waals surface area (Å²) in [4.78, 5) is 2.38. The molecule has 2 atom stereocenters. The molecule has 2 nitrogen and oxygen atoms in total. The Hall–Kier alpha value is -0.640. The van der Waals surface area contributed by atoms with Gasteiger partial charge in [-0.15, -0.1) is 0 Å². The van der Waals surface area contributed by atoms with Crippen LogP contribution in [0.5, 0.6) is 0 Å². The zero-order valence-electron chi connectivity index (χ0n) is 11.4. The Kier molecular flexibility index (Phi) is 5.20. The van der Waals surface area contributed by atoms with Crippen LogP contribution in [-0.2, 0) is 6.54 Å². The third kappa shape index (κ3) is 3.28. The van der Waals surface area contributed by atoms with Gasteiger partial charge in [-0.25, -0.2) is 4.39 Å². The van der Waals surface area contributed by atoms with E-state index in [1.54, 1.807) is 6.07 Å². The van der Waals surface area contributed by atoms with Crippen LogP contribution in [0.1, 0.15) is 31.7 Å². The summed E-state index contributed by atoms with van der Waals surface area (Å²) >= 11 is 6.04. The Morgan fingerprint density at radius 2 is 2.21 bits per heavy atom. The highest BCUT2D eigenvalue weighted by molar-refractivity contribution is 6.31. The van der Waals surface area contributed by atoms with Gasteiger partial charge in [-0.3, -0.25) is 4.90 Å². The van der Waals surface area contributed by atoms with E-state index >= 15 is 0 Å². The second-order valence-corrected chi connectivity index (χ2v) is 5.65. The SMILES string of the molecule is CCN(Cc1cccc(F)c1Cl)C1CCCC1CN. The van der Waals surface area contributed by atoms with Crippen LogP contribution in [0.15, 0.2) is 18.2 Å². The van der Waals surface area contributed by atoms with Gasteiger partial charge in [0.15, 0.2) is 0 Å². The van der Waals surface area contributed by atoms with Gasteiger partial charge in [-0.05, 0) is 43.5 Å². The van der Waals surface area contributed by atoms with Gasteiger partial charge in [0.05, 0.1) is 5.02 Å². The first kappa shape index (κ1) is 14.8. The van der Waals surface area contributed by atoms with E-state index in [2.05, 4.69) is 11.8 Å². The molecule has 0 aromatic heterocycles. The van der Waals surface area contributed by atoms with Gasteiger partial charge in [-0.2, -0.15) is 0 Å². The highest BCUT2D eigenvalue weighted by atomic mass is 35.5. The smallest absolute Gasteiger partial charge is 0.142 e. The molecule has 0 bridgehead atoms. The number of hydrogen-bond donors (Lipinski definition) is 1. The molecular formula is C15H22ClFN2. The van der Waals surface area contributed by atoms with Crippen molar-refractivity contribution < 1.29 is 4.39 Å². The Bertz CT molecular complexity index is 425. The maximum atomic E-state index is 13.5. The zero-order valence-corrected chi connectivity index (χ0v) is 12.2. The molecule has 0 spiro atoms. The molecule has 4 heteroatoms. The van der Waals surface area contributed by atoms with Crippen LogP contribution >= 0.6 is 11.6 Å². The molecule has 0 saturated heterocycles. The summed E-state index contributed by atoms with van der Waals surface area (Å²) in [6.45, 7) is 4.51. The van der Waals surface area contributed by atoms with E-state index in [0.717, 1.165) is 18.7 Å². The van der Waals surface area contributed by atoms with Crippen LogP contribution in [0.2, 0.25) is 5.02 Å². The molecule has 0 radical (unpaired) electrons. The fraction of sp³-hybridized carbons (Fsp3) is 0.600. The van der Waals surface area contributed by atoms with Crippen molar-refractivity contribution >= 4 is 11.6 Å². The summed E-state index contributed by atoms with van der Waals surface area (Å²) in [6.07, 6.45) is 3.62. The fourth-order valence-corrected chi connectivity index (χ4v) is 3.31. The van der Waals surface area contributed by atoms with Crippen molar-refractivity contribution in [1.29, 1.82) is 0 Å². The van der Waals surface area contributed by atoms with Crippen LogP contribution in [0, 0.1) is 11.7 Å². The number of hydrogen-bond acceptors (Lipinski definition) is 2. The lowest BCUT2D eigenvalue weighted by Crippen LogP contribution is -2.39. The molecule has 1 aromatic carbocycles. The maximum Gasteiger partial charge on any atom is 0.142 e. The Balaban J connectivity index is 2.12. The molecule has 0 aliphatic heterocycles. The molecule has 1 aliphatic carbocycles. The molecule has 0 heterocycles. The summed E-state index contributed by atoms with van der Waals surface area (Å²) in [5, 5.41) is 0.253. The molecule has 1 aromatic rings. The predicted molar refractivity (Wildman–Crippen MR) is 77.7 cm³/mol. The summed E-state index contributed by atoms with van der Waals surface area (Å²) in [5.41, 5.74) is 6.72. The van der Waals surface area contributed by atoms with E-state index in [4.69, 9.17) is 17.3 Å². The first-order chi connectivity index (χ1) is 9.17. The van der Waals surface area contributed by atoms with E-state index in [0.29, 0.717) is 18.5 Å². The van der Waals surface area contributed by atoms with Crippen molar-refractivity contribution in [3.05, 3.63) is 34.6 Å². The summed E-state index contributed by atoms with van der Waals surface area (Å²) in [6, 6.07) is 5.54. The minimum absolute atomic E-state index is 0.253. The Morgan fingerprint density at radius 3 is 2.89 bits per heavy atom. The second kappa shape index (κ2) is 6.69. The first-order valence-corrected chi connectivity index (χ1v) is 7.42. The van der Waals surface area contributed by atoms with Gasteiger partial charge >= 0.3 is 0 Å². The minimum Gasteiger partial charge on any atom is -0.330 e. The normalized spacial score (nSPS) is 23.2. The van der Waals surface area contributed by atoms with Crippen molar-refractivity contribution in [3.63, 3.8) is 0 Å². The molecule has 1 saturated carbocycles. The third-order valence-electron chi connectivity index (χ3n) is 4.20. The Morgan fingerprint density at radius 1 is 1.42 bits per heavy atom. The highest BCUT2D eigenvalue weighted by Crippen LogP contribution is 2.31. The predicted octanol–water partition coefficient (Wildman–Crippen LogP) is 3.43. The molecule has 2 unspecified atom stereocenters. The number of rotatable bonds is 5. The fourth-order valence-electron chi connectivity index (χ4n) is 3.13. The molecule has 1 aliphatic rings. The molecule has 106 valence electrons. The van der Waals surface area contributed by atoms with Gasteiger partial charge in [0.25, 0.3) is 0 Å². The topological polar surface area (TPSA) is 29.3 Å². The van der Waals surface area contributed by atoms with Gasteiger partial charge in [0.2, 0.25) is 0 Å². The van der Waals surface area contributed by atoms with Crippen molar-refractivity contribution in [3.8, 4) is 0 Å². The molecule has 19 heavy (non-hydrogen) atoms. The molecular weight excluding hydrogens is 263 g/mol. The second-order valence-electron chi connectivity index (χ2n) is 5.27. The number of halogens is 2. The monoisotopic (exact) mass is 284 g/mol. The average molecular weight is 285 g/mol. The lowest BCUT2D eigenvalue weighted by molar-refractivity contribution is 0.162. The summed E-state index contributed by atoms with van der Waals surface area (Å²) < 4.78 is 13.5. The molecule has 0 amide bonds. The number of nitrogens with zero attached hydrogens (tertiary/aromatic N) is 1. The quantitative estimate of drug-likeness (QED) is 0.898. The third-order valence-corrected chi connectivity index (χ3v) is 4.63. The van der Waals surface area contributed by atoms with Crippen molar-refractivity contribution in [2.45, 2.75) is 38.8 Å². The number of nitrogens with two attached hydrogens (primary N) is 1. The Labute approximate surface area is 119 Å². The van der Waals surface area contributed by atoms with E-state index in [1.807, 2.05) is 6.07 Å². The van der Waals surface area contributed by atoms with Crippen LogP contribution < -0.4 is 5.73 Å².